The fraction of sp³-hybridized carbons (Fsp3) is 0.417. The van der Waals surface area contributed by atoms with Crippen molar-refractivity contribution in [1.82, 2.24) is 19.3 Å². The molecular weight excluding hydrogens is 246 g/mol. The Morgan fingerprint density at radius 1 is 1.42 bits per heavy atom. The summed E-state index contributed by atoms with van der Waals surface area (Å²) in [7, 11) is 1.46. The van der Waals surface area contributed by atoms with Crippen molar-refractivity contribution in [3.05, 3.63) is 45.4 Å². The van der Waals surface area contributed by atoms with E-state index < -0.39 is 0 Å². The highest BCUT2D eigenvalue weighted by molar-refractivity contribution is 5.38. The van der Waals surface area contributed by atoms with Gasteiger partial charge in [0.15, 0.2) is 0 Å². The number of nitrogens with one attached hydrogen (secondary N) is 1. The van der Waals surface area contributed by atoms with Gasteiger partial charge >= 0.3 is 5.69 Å². The molecular formula is C12H15N5O2. The minimum absolute atomic E-state index is 0.280. The molecule has 2 aromatic heterocycles. The molecule has 0 bridgehead atoms. The van der Waals surface area contributed by atoms with Crippen LogP contribution in [-0.2, 0) is 7.05 Å². The molecule has 19 heavy (non-hydrogen) atoms. The maximum absolute atomic E-state index is 11.6. The van der Waals surface area contributed by atoms with Gasteiger partial charge in [-0.05, 0) is 12.5 Å². The molecule has 3 heterocycles. The number of H-pyrrole nitrogens is 1. The van der Waals surface area contributed by atoms with E-state index in [-0.39, 0.29) is 17.3 Å². The third kappa shape index (κ3) is 2.07. The van der Waals surface area contributed by atoms with E-state index in [1.807, 2.05) is 21.8 Å². The van der Waals surface area contributed by atoms with Gasteiger partial charge in [0.1, 0.15) is 5.82 Å². The highest BCUT2D eigenvalue weighted by Crippen LogP contribution is 2.23. The van der Waals surface area contributed by atoms with Crippen LogP contribution in [0, 0.1) is 0 Å². The fourth-order valence-electron chi connectivity index (χ4n) is 2.39. The Morgan fingerprint density at radius 3 is 2.95 bits per heavy atom. The van der Waals surface area contributed by atoms with E-state index >= 15 is 0 Å². The lowest BCUT2D eigenvalue weighted by Crippen LogP contribution is -2.35. The molecule has 7 nitrogen and oxygen atoms in total. The molecule has 1 aliphatic rings. The van der Waals surface area contributed by atoms with Crippen LogP contribution in [0.25, 0.3) is 0 Å². The first-order chi connectivity index (χ1) is 9.15. The summed E-state index contributed by atoms with van der Waals surface area (Å²) in [5.41, 5.74) is -0.675. The molecule has 1 atom stereocenters. The lowest BCUT2D eigenvalue weighted by atomic mass is 10.3. The molecule has 1 saturated heterocycles. The maximum atomic E-state index is 11.6. The van der Waals surface area contributed by atoms with E-state index in [9.17, 15) is 9.59 Å². The molecule has 2 aromatic rings. The van der Waals surface area contributed by atoms with Crippen LogP contribution in [0.4, 0.5) is 5.82 Å². The van der Waals surface area contributed by atoms with E-state index in [0.29, 0.717) is 5.82 Å². The van der Waals surface area contributed by atoms with Crippen LogP contribution in [0.2, 0.25) is 0 Å². The Labute approximate surface area is 109 Å². The monoisotopic (exact) mass is 261 g/mol. The molecule has 0 radical (unpaired) electrons. The van der Waals surface area contributed by atoms with Gasteiger partial charge in [-0.15, -0.1) is 0 Å². The van der Waals surface area contributed by atoms with E-state index in [1.165, 1.54) is 13.1 Å². The third-order valence-corrected chi connectivity index (χ3v) is 3.53. The van der Waals surface area contributed by atoms with Crippen molar-refractivity contribution in [3.8, 4) is 0 Å². The molecule has 0 aromatic carbocycles. The van der Waals surface area contributed by atoms with Gasteiger partial charge < -0.3 is 4.90 Å². The van der Waals surface area contributed by atoms with Gasteiger partial charge in [0.25, 0.3) is 5.56 Å². The second-order valence-electron chi connectivity index (χ2n) is 4.73. The lowest BCUT2D eigenvalue weighted by molar-refractivity contribution is 0.494. The van der Waals surface area contributed by atoms with E-state index in [2.05, 4.69) is 10.1 Å². The molecule has 0 amide bonds. The average molecular weight is 261 g/mol. The molecule has 1 aliphatic heterocycles. The highest BCUT2D eigenvalue weighted by atomic mass is 16.2. The Bertz CT molecular complexity index is 654. The number of hydrogen-bond acceptors (Lipinski definition) is 4. The van der Waals surface area contributed by atoms with Gasteiger partial charge in [0, 0.05) is 38.6 Å². The molecule has 0 spiro atoms. The average Bonchev–Trinajstić information content (AvgIpc) is 3.05. The summed E-state index contributed by atoms with van der Waals surface area (Å²) in [6.45, 7) is 1.54. The SMILES string of the molecule is Cn1c(=O)cc(N2CCC(n3cccn3)C2)[nH]c1=O. The summed E-state index contributed by atoms with van der Waals surface area (Å²) in [6.07, 6.45) is 4.63. The van der Waals surface area contributed by atoms with Gasteiger partial charge in [-0.1, -0.05) is 0 Å². The molecule has 100 valence electrons. The van der Waals surface area contributed by atoms with Gasteiger partial charge in [0.05, 0.1) is 6.04 Å². The van der Waals surface area contributed by atoms with Crippen molar-refractivity contribution in [3.63, 3.8) is 0 Å². The van der Waals surface area contributed by atoms with Crippen LogP contribution >= 0.6 is 0 Å². The zero-order chi connectivity index (χ0) is 13.4. The zero-order valence-corrected chi connectivity index (χ0v) is 10.6. The van der Waals surface area contributed by atoms with Crippen molar-refractivity contribution in [2.45, 2.75) is 12.5 Å². The van der Waals surface area contributed by atoms with Gasteiger partial charge in [-0.3, -0.25) is 19.0 Å². The predicted octanol–water partition coefficient (Wildman–Crippen LogP) is -0.279. The van der Waals surface area contributed by atoms with E-state index in [4.69, 9.17) is 0 Å². The second-order valence-corrected chi connectivity index (χ2v) is 4.73. The molecule has 1 unspecified atom stereocenters. The van der Waals surface area contributed by atoms with Crippen LogP contribution in [0.1, 0.15) is 12.5 Å². The van der Waals surface area contributed by atoms with Gasteiger partial charge in [-0.2, -0.15) is 5.10 Å². The first-order valence-electron chi connectivity index (χ1n) is 6.19. The summed E-state index contributed by atoms with van der Waals surface area (Å²) in [5.74, 6) is 0.586. The molecule has 7 heteroatoms. The number of hydrogen-bond donors (Lipinski definition) is 1. The van der Waals surface area contributed by atoms with Crippen LogP contribution in [0.3, 0.4) is 0 Å². The Morgan fingerprint density at radius 2 is 2.26 bits per heavy atom. The third-order valence-electron chi connectivity index (χ3n) is 3.53. The molecule has 0 aliphatic carbocycles. The number of aromatic amines is 1. The van der Waals surface area contributed by atoms with Gasteiger partial charge in [-0.25, -0.2) is 4.79 Å². The summed E-state index contributed by atoms with van der Waals surface area (Å²) in [6, 6.07) is 3.64. The van der Waals surface area contributed by atoms with Crippen molar-refractivity contribution in [1.29, 1.82) is 0 Å². The largest absolute Gasteiger partial charge is 0.356 e. The molecule has 3 rings (SSSR count). The van der Waals surface area contributed by atoms with Crippen molar-refractivity contribution >= 4 is 5.82 Å². The second kappa shape index (κ2) is 4.42. The van der Waals surface area contributed by atoms with Crippen molar-refractivity contribution < 1.29 is 0 Å². The minimum Gasteiger partial charge on any atom is -0.356 e. The minimum atomic E-state index is -0.384. The highest BCUT2D eigenvalue weighted by Gasteiger charge is 2.25. The Balaban J connectivity index is 1.85. The number of rotatable bonds is 2. The smallest absolute Gasteiger partial charge is 0.329 e. The Kier molecular flexibility index (Phi) is 2.73. The predicted molar refractivity (Wildman–Crippen MR) is 70.4 cm³/mol. The fourth-order valence-corrected chi connectivity index (χ4v) is 2.39. The van der Waals surface area contributed by atoms with E-state index in [0.717, 1.165) is 24.1 Å². The quantitative estimate of drug-likeness (QED) is 0.807. The zero-order valence-electron chi connectivity index (χ0n) is 10.6. The van der Waals surface area contributed by atoms with Crippen molar-refractivity contribution in [2.75, 3.05) is 18.0 Å². The summed E-state index contributed by atoms with van der Waals surface area (Å²) in [5, 5.41) is 4.23. The first kappa shape index (κ1) is 11.8. The number of aromatic nitrogens is 4. The number of nitrogens with zero attached hydrogens (tertiary/aromatic N) is 4. The molecule has 1 N–H and O–H groups in total. The molecule has 0 saturated carbocycles. The summed E-state index contributed by atoms with van der Waals surface area (Å²) < 4.78 is 2.98. The maximum Gasteiger partial charge on any atom is 0.329 e. The van der Waals surface area contributed by atoms with Crippen LogP contribution in [0.15, 0.2) is 34.1 Å². The van der Waals surface area contributed by atoms with Gasteiger partial charge in [0.2, 0.25) is 0 Å². The summed E-state index contributed by atoms with van der Waals surface area (Å²) >= 11 is 0. The molecule has 1 fully saturated rings. The summed E-state index contributed by atoms with van der Waals surface area (Å²) in [4.78, 5) is 28.0. The lowest BCUT2D eigenvalue weighted by Gasteiger charge is -2.18. The van der Waals surface area contributed by atoms with Crippen molar-refractivity contribution in [2.24, 2.45) is 7.05 Å². The first-order valence-corrected chi connectivity index (χ1v) is 6.19. The Hall–Kier alpha value is -2.31. The van der Waals surface area contributed by atoms with Crippen LogP contribution < -0.4 is 16.1 Å². The number of anilines is 1. The standard InChI is InChI=1S/C12H15N5O2/c1-15-11(18)7-10(14-12(15)19)16-6-3-9(8-16)17-5-2-4-13-17/h2,4-5,7,9H,3,6,8H2,1H3,(H,14,19). The van der Waals surface area contributed by atoms with Crippen LogP contribution in [-0.4, -0.2) is 32.4 Å². The van der Waals surface area contributed by atoms with E-state index in [1.54, 1.807) is 6.20 Å². The normalized spacial score (nSPS) is 19.0. The van der Waals surface area contributed by atoms with Crippen LogP contribution in [0.5, 0.6) is 0 Å². The topological polar surface area (TPSA) is 75.9 Å².